The van der Waals surface area contributed by atoms with Gasteiger partial charge in [-0.1, -0.05) is 29.3 Å². The van der Waals surface area contributed by atoms with Crippen LogP contribution in [0.1, 0.15) is 18.4 Å². The first-order valence-corrected chi connectivity index (χ1v) is 6.48. The average Bonchev–Trinajstić information content (AvgIpc) is 2.81. The van der Waals surface area contributed by atoms with E-state index in [1.54, 1.807) is 6.07 Å². The summed E-state index contributed by atoms with van der Waals surface area (Å²) in [5, 5.41) is 1.32. The number of hydrogen-bond donors (Lipinski definition) is 2. The van der Waals surface area contributed by atoms with Crippen LogP contribution >= 0.6 is 23.2 Å². The maximum Gasteiger partial charge on any atom is 0.0745 e. The van der Waals surface area contributed by atoms with Gasteiger partial charge in [0.15, 0.2) is 0 Å². The van der Waals surface area contributed by atoms with Gasteiger partial charge in [0.1, 0.15) is 0 Å². The van der Waals surface area contributed by atoms with Crippen molar-refractivity contribution >= 4 is 23.2 Å². The van der Waals surface area contributed by atoms with Gasteiger partial charge in [0, 0.05) is 16.7 Å². The molecule has 3 N–H and O–H groups in total. The minimum Gasteiger partial charge on any atom is -0.377 e. The third-order valence-corrected chi connectivity index (χ3v) is 3.67. The van der Waals surface area contributed by atoms with E-state index >= 15 is 0 Å². The van der Waals surface area contributed by atoms with E-state index in [1.165, 1.54) is 0 Å². The van der Waals surface area contributed by atoms with Crippen LogP contribution in [0.4, 0.5) is 0 Å². The molecule has 2 rings (SSSR count). The monoisotopic (exact) mass is 274 g/mol. The van der Waals surface area contributed by atoms with Crippen LogP contribution in [0.25, 0.3) is 0 Å². The molecule has 0 radical (unpaired) electrons. The van der Waals surface area contributed by atoms with Crippen LogP contribution in [0.3, 0.4) is 0 Å². The van der Waals surface area contributed by atoms with E-state index in [-0.39, 0.29) is 12.1 Å². The van der Waals surface area contributed by atoms with Gasteiger partial charge in [-0.15, -0.1) is 0 Å². The maximum absolute atomic E-state index is 6.14. The summed E-state index contributed by atoms with van der Waals surface area (Å²) in [4.78, 5) is 0. The number of halogens is 2. The Morgan fingerprint density at radius 1 is 1.47 bits per heavy atom. The number of nitrogens with one attached hydrogen (secondary N) is 1. The minimum absolute atomic E-state index is 0.0937. The zero-order valence-electron chi connectivity index (χ0n) is 9.46. The van der Waals surface area contributed by atoms with Gasteiger partial charge >= 0.3 is 0 Å². The highest BCUT2D eigenvalue weighted by molar-refractivity contribution is 6.35. The fourth-order valence-corrected chi connectivity index (χ4v) is 2.63. The first-order chi connectivity index (χ1) is 8.20. The molecular weight excluding hydrogens is 259 g/mol. The zero-order chi connectivity index (χ0) is 12.3. The number of benzene rings is 1. The lowest BCUT2D eigenvalue weighted by Gasteiger charge is -2.22. The SMILES string of the molecule is NNC(Cc1ccc(Cl)cc1Cl)C1CCCO1. The Hall–Kier alpha value is -0.320. The normalized spacial score (nSPS) is 21.7. The van der Waals surface area contributed by atoms with Crippen molar-refractivity contribution in [1.82, 2.24) is 5.43 Å². The second kappa shape index (κ2) is 6.03. The summed E-state index contributed by atoms with van der Waals surface area (Å²) in [5.41, 5.74) is 3.85. The Bertz CT molecular complexity index is 381. The van der Waals surface area contributed by atoms with Gasteiger partial charge in [0.2, 0.25) is 0 Å². The Labute approximate surface area is 111 Å². The quantitative estimate of drug-likeness (QED) is 0.655. The van der Waals surface area contributed by atoms with Crippen LogP contribution in [-0.2, 0) is 11.2 Å². The van der Waals surface area contributed by atoms with E-state index < -0.39 is 0 Å². The Kier molecular flexibility index (Phi) is 4.65. The molecule has 0 bridgehead atoms. The van der Waals surface area contributed by atoms with Gasteiger partial charge in [-0.25, -0.2) is 0 Å². The maximum atomic E-state index is 6.14. The molecule has 0 aliphatic carbocycles. The minimum atomic E-state index is 0.0937. The molecule has 1 aliphatic heterocycles. The van der Waals surface area contributed by atoms with E-state index in [0.29, 0.717) is 10.0 Å². The lowest BCUT2D eigenvalue weighted by Crippen LogP contribution is -2.45. The predicted molar refractivity (Wildman–Crippen MR) is 70.3 cm³/mol. The number of hydrazine groups is 1. The van der Waals surface area contributed by atoms with Crippen LogP contribution in [0, 0.1) is 0 Å². The molecule has 0 amide bonds. The standard InChI is InChI=1S/C12H16Cl2N2O/c13-9-4-3-8(10(14)7-9)6-11(16-15)12-2-1-5-17-12/h3-4,7,11-12,16H,1-2,5-6,15H2. The molecule has 0 saturated carbocycles. The first-order valence-electron chi connectivity index (χ1n) is 5.72. The Morgan fingerprint density at radius 2 is 2.29 bits per heavy atom. The van der Waals surface area contributed by atoms with E-state index in [1.807, 2.05) is 12.1 Å². The molecule has 0 aromatic heterocycles. The molecule has 3 nitrogen and oxygen atoms in total. The lowest BCUT2D eigenvalue weighted by atomic mass is 10.00. The summed E-state index contributed by atoms with van der Waals surface area (Å²) in [7, 11) is 0. The van der Waals surface area contributed by atoms with Crippen molar-refractivity contribution in [2.24, 2.45) is 5.84 Å². The van der Waals surface area contributed by atoms with E-state index in [9.17, 15) is 0 Å². The summed E-state index contributed by atoms with van der Waals surface area (Å²) < 4.78 is 5.63. The van der Waals surface area contributed by atoms with Crippen LogP contribution in [0.5, 0.6) is 0 Å². The molecule has 5 heteroatoms. The molecular formula is C12H16Cl2N2O. The molecule has 0 spiro atoms. The largest absolute Gasteiger partial charge is 0.377 e. The van der Waals surface area contributed by atoms with Crippen LogP contribution in [0.2, 0.25) is 10.0 Å². The summed E-state index contributed by atoms with van der Waals surface area (Å²) in [6, 6.07) is 5.62. The number of rotatable bonds is 4. The number of ether oxygens (including phenoxy) is 1. The molecule has 1 saturated heterocycles. The van der Waals surface area contributed by atoms with Crippen molar-refractivity contribution in [2.75, 3.05) is 6.61 Å². The number of hydrogen-bond acceptors (Lipinski definition) is 3. The molecule has 1 heterocycles. The van der Waals surface area contributed by atoms with Crippen molar-refractivity contribution in [3.8, 4) is 0 Å². The highest BCUT2D eigenvalue weighted by atomic mass is 35.5. The van der Waals surface area contributed by atoms with E-state index in [2.05, 4.69) is 5.43 Å². The van der Waals surface area contributed by atoms with Crippen LogP contribution in [-0.4, -0.2) is 18.8 Å². The zero-order valence-corrected chi connectivity index (χ0v) is 11.0. The van der Waals surface area contributed by atoms with Gasteiger partial charge in [-0.05, 0) is 37.0 Å². The highest BCUT2D eigenvalue weighted by Crippen LogP contribution is 2.24. The predicted octanol–water partition coefficient (Wildman–Crippen LogP) is 2.55. The van der Waals surface area contributed by atoms with Crippen molar-refractivity contribution in [3.63, 3.8) is 0 Å². The van der Waals surface area contributed by atoms with E-state index in [4.69, 9.17) is 33.8 Å². The lowest BCUT2D eigenvalue weighted by molar-refractivity contribution is 0.0784. The van der Waals surface area contributed by atoms with Gasteiger partial charge in [0.25, 0.3) is 0 Å². The molecule has 94 valence electrons. The summed E-state index contributed by atoms with van der Waals surface area (Å²) in [6.07, 6.45) is 3.06. The summed E-state index contributed by atoms with van der Waals surface area (Å²) in [6.45, 7) is 0.817. The number of nitrogens with two attached hydrogens (primary N) is 1. The van der Waals surface area contributed by atoms with E-state index in [0.717, 1.165) is 31.4 Å². The molecule has 2 atom stereocenters. The molecule has 1 aromatic carbocycles. The van der Waals surface area contributed by atoms with Crippen LogP contribution < -0.4 is 11.3 Å². The average molecular weight is 275 g/mol. The van der Waals surface area contributed by atoms with Crippen LogP contribution in [0.15, 0.2) is 18.2 Å². The van der Waals surface area contributed by atoms with Gasteiger partial charge in [-0.3, -0.25) is 11.3 Å². The van der Waals surface area contributed by atoms with Crippen molar-refractivity contribution in [2.45, 2.75) is 31.4 Å². The summed E-state index contributed by atoms with van der Waals surface area (Å²) >= 11 is 12.0. The highest BCUT2D eigenvalue weighted by Gasteiger charge is 2.25. The second-order valence-electron chi connectivity index (χ2n) is 4.26. The van der Waals surface area contributed by atoms with Gasteiger partial charge in [-0.2, -0.15) is 0 Å². The van der Waals surface area contributed by atoms with Gasteiger partial charge < -0.3 is 4.74 Å². The molecule has 1 fully saturated rings. The van der Waals surface area contributed by atoms with Crippen molar-refractivity contribution < 1.29 is 4.74 Å². The molecule has 2 unspecified atom stereocenters. The molecule has 1 aromatic rings. The third-order valence-electron chi connectivity index (χ3n) is 3.08. The first kappa shape index (κ1) is 13.1. The molecule has 17 heavy (non-hydrogen) atoms. The second-order valence-corrected chi connectivity index (χ2v) is 5.11. The Morgan fingerprint density at radius 3 is 2.88 bits per heavy atom. The smallest absolute Gasteiger partial charge is 0.0745 e. The van der Waals surface area contributed by atoms with Crippen molar-refractivity contribution in [3.05, 3.63) is 33.8 Å². The fraction of sp³-hybridized carbons (Fsp3) is 0.500. The third kappa shape index (κ3) is 3.33. The Balaban J connectivity index is 2.06. The van der Waals surface area contributed by atoms with Crippen molar-refractivity contribution in [1.29, 1.82) is 0 Å². The van der Waals surface area contributed by atoms with Gasteiger partial charge in [0.05, 0.1) is 12.1 Å². The topological polar surface area (TPSA) is 47.3 Å². The molecule has 1 aliphatic rings. The summed E-state index contributed by atoms with van der Waals surface area (Å²) in [5.74, 6) is 5.58. The fourth-order valence-electron chi connectivity index (χ4n) is 2.14.